The smallest absolute Gasteiger partial charge is 0.221 e. The molecule has 0 aromatic carbocycles. The number of nitrogens with one attached hydrogen (secondary N) is 1. The van der Waals surface area contributed by atoms with E-state index in [1.165, 1.54) is 6.33 Å². The third-order valence-corrected chi connectivity index (χ3v) is 3.39. The molecule has 0 saturated carbocycles. The maximum absolute atomic E-state index is 12.1. The molecule has 0 radical (unpaired) electrons. The molecule has 0 saturated heterocycles. The predicted octanol–water partition coefficient (Wildman–Crippen LogP) is 0.390. The Morgan fingerprint density at radius 2 is 2.14 bits per heavy atom. The SMILES string of the molecule is CC(C)C(NC(=O)CCc1nncn1C)c1ncnn1C. The topological polar surface area (TPSA) is 90.5 Å². The van der Waals surface area contributed by atoms with E-state index in [9.17, 15) is 4.79 Å². The van der Waals surface area contributed by atoms with Gasteiger partial charge in [-0.15, -0.1) is 10.2 Å². The number of rotatable bonds is 6. The third kappa shape index (κ3) is 3.65. The fourth-order valence-corrected chi connectivity index (χ4v) is 2.12. The second kappa shape index (κ2) is 6.47. The zero-order valence-electron chi connectivity index (χ0n) is 12.8. The quantitative estimate of drug-likeness (QED) is 0.831. The van der Waals surface area contributed by atoms with Crippen LogP contribution in [0.15, 0.2) is 12.7 Å². The molecule has 0 aliphatic carbocycles. The van der Waals surface area contributed by atoms with Crippen molar-refractivity contribution >= 4 is 5.91 Å². The van der Waals surface area contributed by atoms with Gasteiger partial charge >= 0.3 is 0 Å². The van der Waals surface area contributed by atoms with E-state index < -0.39 is 0 Å². The first-order chi connectivity index (χ1) is 9.99. The molecule has 2 rings (SSSR count). The molecular weight excluding hydrogens is 270 g/mol. The summed E-state index contributed by atoms with van der Waals surface area (Å²) in [4.78, 5) is 16.4. The van der Waals surface area contributed by atoms with Crippen LogP contribution in [0.4, 0.5) is 0 Å². The molecule has 114 valence electrons. The molecule has 0 fully saturated rings. The summed E-state index contributed by atoms with van der Waals surface area (Å²) in [6, 6.07) is -0.149. The van der Waals surface area contributed by atoms with E-state index in [0.29, 0.717) is 12.8 Å². The molecule has 1 N–H and O–H groups in total. The molecule has 8 heteroatoms. The van der Waals surface area contributed by atoms with E-state index in [-0.39, 0.29) is 17.9 Å². The Hall–Kier alpha value is -2.25. The number of hydrogen-bond donors (Lipinski definition) is 1. The average molecular weight is 291 g/mol. The second-order valence-electron chi connectivity index (χ2n) is 5.39. The van der Waals surface area contributed by atoms with Crippen molar-refractivity contribution in [2.24, 2.45) is 20.0 Å². The molecule has 21 heavy (non-hydrogen) atoms. The Labute approximate surface area is 123 Å². The van der Waals surface area contributed by atoms with Crippen molar-refractivity contribution in [3.05, 3.63) is 24.3 Å². The summed E-state index contributed by atoms with van der Waals surface area (Å²) < 4.78 is 3.50. The monoisotopic (exact) mass is 291 g/mol. The Balaban J connectivity index is 1.96. The predicted molar refractivity (Wildman–Crippen MR) is 76.0 cm³/mol. The highest BCUT2D eigenvalue weighted by molar-refractivity contribution is 5.76. The van der Waals surface area contributed by atoms with E-state index in [4.69, 9.17) is 0 Å². The first-order valence-electron chi connectivity index (χ1n) is 6.95. The van der Waals surface area contributed by atoms with Crippen molar-refractivity contribution in [1.29, 1.82) is 0 Å². The molecule has 0 aliphatic heterocycles. The van der Waals surface area contributed by atoms with Gasteiger partial charge in [-0.1, -0.05) is 13.8 Å². The Bertz CT molecular complexity index is 601. The number of aryl methyl sites for hydroxylation is 3. The maximum Gasteiger partial charge on any atom is 0.221 e. The van der Waals surface area contributed by atoms with E-state index >= 15 is 0 Å². The number of amides is 1. The highest BCUT2D eigenvalue weighted by Gasteiger charge is 2.22. The van der Waals surface area contributed by atoms with E-state index in [2.05, 4.69) is 25.6 Å². The van der Waals surface area contributed by atoms with E-state index in [1.54, 1.807) is 11.0 Å². The fourth-order valence-electron chi connectivity index (χ4n) is 2.12. The Morgan fingerprint density at radius 1 is 1.38 bits per heavy atom. The highest BCUT2D eigenvalue weighted by atomic mass is 16.1. The van der Waals surface area contributed by atoms with Gasteiger partial charge in [0.05, 0.1) is 6.04 Å². The zero-order chi connectivity index (χ0) is 15.4. The summed E-state index contributed by atoms with van der Waals surface area (Å²) in [5.74, 6) is 1.76. The molecule has 2 aromatic rings. The maximum atomic E-state index is 12.1. The molecule has 8 nitrogen and oxygen atoms in total. The average Bonchev–Trinajstić information content (AvgIpc) is 3.02. The highest BCUT2D eigenvalue weighted by Crippen LogP contribution is 2.19. The largest absolute Gasteiger partial charge is 0.346 e. The summed E-state index contributed by atoms with van der Waals surface area (Å²) in [5, 5.41) is 14.9. The third-order valence-electron chi connectivity index (χ3n) is 3.39. The van der Waals surface area contributed by atoms with E-state index in [1.807, 2.05) is 32.5 Å². The van der Waals surface area contributed by atoms with Gasteiger partial charge in [-0.25, -0.2) is 4.98 Å². The normalized spacial score (nSPS) is 12.6. The van der Waals surface area contributed by atoms with Crippen molar-refractivity contribution < 1.29 is 4.79 Å². The van der Waals surface area contributed by atoms with Crippen molar-refractivity contribution in [3.63, 3.8) is 0 Å². The zero-order valence-corrected chi connectivity index (χ0v) is 12.8. The lowest BCUT2D eigenvalue weighted by molar-refractivity contribution is -0.122. The lowest BCUT2D eigenvalue weighted by Crippen LogP contribution is -2.33. The van der Waals surface area contributed by atoms with Crippen molar-refractivity contribution in [2.45, 2.75) is 32.7 Å². The number of hydrogen-bond acceptors (Lipinski definition) is 5. The summed E-state index contributed by atoms with van der Waals surface area (Å²) in [5.41, 5.74) is 0. The van der Waals surface area contributed by atoms with Crippen molar-refractivity contribution in [1.82, 2.24) is 34.8 Å². The summed E-state index contributed by atoms with van der Waals surface area (Å²) in [6.45, 7) is 4.09. The van der Waals surface area contributed by atoms with Gasteiger partial charge in [-0.2, -0.15) is 5.10 Å². The molecule has 0 aliphatic rings. The molecule has 1 amide bonds. The van der Waals surface area contributed by atoms with Gasteiger partial charge in [-0.05, 0) is 5.92 Å². The van der Waals surface area contributed by atoms with Crippen LogP contribution in [-0.2, 0) is 25.3 Å². The van der Waals surface area contributed by atoms with Gasteiger partial charge in [0.25, 0.3) is 0 Å². The van der Waals surface area contributed by atoms with Crippen molar-refractivity contribution in [3.8, 4) is 0 Å². The van der Waals surface area contributed by atoms with Crippen LogP contribution in [0.1, 0.15) is 38.0 Å². The van der Waals surface area contributed by atoms with Crippen LogP contribution in [0.5, 0.6) is 0 Å². The molecule has 2 heterocycles. The summed E-state index contributed by atoms with van der Waals surface area (Å²) in [7, 11) is 3.69. The number of carbonyl (C=O) groups is 1. The van der Waals surface area contributed by atoms with Crippen LogP contribution in [0.25, 0.3) is 0 Å². The second-order valence-corrected chi connectivity index (χ2v) is 5.39. The lowest BCUT2D eigenvalue weighted by Gasteiger charge is -2.21. The molecule has 0 spiro atoms. The Kier molecular flexibility index (Phi) is 4.66. The fraction of sp³-hybridized carbons (Fsp3) is 0.615. The van der Waals surface area contributed by atoms with Gasteiger partial charge in [0.2, 0.25) is 5.91 Å². The number of aromatic nitrogens is 6. The standard InChI is InChI=1S/C13H21N7O/c1-9(2)12(13-14-7-16-20(13)4)17-11(21)6-5-10-18-15-8-19(10)3/h7-9,12H,5-6H2,1-4H3,(H,17,21). The first kappa shape index (κ1) is 15.1. The number of carbonyl (C=O) groups excluding carboxylic acids is 1. The van der Waals surface area contributed by atoms with E-state index in [0.717, 1.165) is 11.6 Å². The van der Waals surface area contributed by atoms with Gasteiger partial charge in [0.1, 0.15) is 24.3 Å². The Morgan fingerprint density at radius 3 is 2.67 bits per heavy atom. The first-order valence-corrected chi connectivity index (χ1v) is 6.95. The summed E-state index contributed by atoms with van der Waals surface area (Å²) >= 11 is 0. The van der Waals surface area contributed by atoms with Crippen LogP contribution in [0, 0.1) is 5.92 Å². The van der Waals surface area contributed by atoms with Crippen LogP contribution in [0.2, 0.25) is 0 Å². The van der Waals surface area contributed by atoms with Gasteiger partial charge in [0.15, 0.2) is 0 Å². The summed E-state index contributed by atoms with van der Waals surface area (Å²) in [6.07, 6.45) is 4.06. The minimum absolute atomic E-state index is 0.0281. The molecule has 0 bridgehead atoms. The number of nitrogens with zero attached hydrogens (tertiary/aromatic N) is 6. The molecule has 1 unspecified atom stereocenters. The minimum atomic E-state index is -0.149. The van der Waals surface area contributed by atoms with Gasteiger partial charge in [-0.3, -0.25) is 9.48 Å². The lowest BCUT2D eigenvalue weighted by atomic mass is 10.0. The van der Waals surface area contributed by atoms with Gasteiger partial charge in [0, 0.05) is 26.9 Å². The van der Waals surface area contributed by atoms with Crippen LogP contribution in [0.3, 0.4) is 0 Å². The van der Waals surface area contributed by atoms with Crippen molar-refractivity contribution in [2.75, 3.05) is 0 Å². The molecule has 1 atom stereocenters. The van der Waals surface area contributed by atoms with Crippen LogP contribution < -0.4 is 5.32 Å². The minimum Gasteiger partial charge on any atom is -0.346 e. The van der Waals surface area contributed by atoms with Crippen LogP contribution in [-0.4, -0.2) is 35.4 Å². The van der Waals surface area contributed by atoms with Gasteiger partial charge < -0.3 is 9.88 Å². The molecule has 2 aromatic heterocycles. The van der Waals surface area contributed by atoms with Crippen LogP contribution >= 0.6 is 0 Å². The molecular formula is C13H21N7O.